The van der Waals surface area contributed by atoms with Gasteiger partial charge in [0.1, 0.15) is 11.9 Å². The van der Waals surface area contributed by atoms with Crippen molar-refractivity contribution in [1.29, 1.82) is 5.26 Å². The fourth-order valence-corrected chi connectivity index (χ4v) is 3.28. The summed E-state index contributed by atoms with van der Waals surface area (Å²) >= 11 is 11.9. The molecular formula is C18H14Cl2FN3O. The minimum absolute atomic E-state index is 0.108. The van der Waals surface area contributed by atoms with Gasteiger partial charge in [0, 0.05) is 31.2 Å². The van der Waals surface area contributed by atoms with Crippen LogP contribution in [0.5, 0.6) is 0 Å². The van der Waals surface area contributed by atoms with Crippen molar-refractivity contribution in [3.63, 3.8) is 0 Å². The number of carbonyl (C=O) groups excluding carboxylic acids is 1. The third-order valence-electron chi connectivity index (χ3n) is 4.15. The van der Waals surface area contributed by atoms with Crippen LogP contribution in [0.4, 0.5) is 10.1 Å². The van der Waals surface area contributed by atoms with Gasteiger partial charge in [-0.15, -0.1) is 0 Å². The number of hydrogen-bond acceptors (Lipinski definition) is 3. The Kier molecular flexibility index (Phi) is 5.12. The van der Waals surface area contributed by atoms with Crippen LogP contribution in [0.15, 0.2) is 36.4 Å². The van der Waals surface area contributed by atoms with Crippen LogP contribution in [0.25, 0.3) is 0 Å². The predicted molar refractivity (Wildman–Crippen MR) is 95.7 cm³/mol. The zero-order valence-electron chi connectivity index (χ0n) is 13.2. The maximum absolute atomic E-state index is 13.1. The first-order chi connectivity index (χ1) is 12.0. The summed E-state index contributed by atoms with van der Waals surface area (Å²) in [7, 11) is 0. The van der Waals surface area contributed by atoms with Crippen LogP contribution in [0.1, 0.15) is 15.9 Å². The van der Waals surface area contributed by atoms with E-state index in [1.165, 1.54) is 12.1 Å². The van der Waals surface area contributed by atoms with E-state index in [0.717, 1.165) is 11.8 Å². The SMILES string of the molecule is N#Cc1cc(Cl)ccc1N1CCN(C(=O)c2ccc(F)cc2Cl)CC1. The highest BCUT2D eigenvalue weighted by Crippen LogP contribution is 2.26. The van der Waals surface area contributed by atoms with Crippen molar-refractivity contribution in [3.8, 4) is 6.07 Å². The molecule has 1 amide bonds. The van der Waals surface area contributed by atoms with Gasteiger partial charge in [-0.25, -0.2) is 4.39 Å². The molecule has 1 aliphatic rings. The molecule has 0 aromatic heterocycles. The van der Waals surface area contributed by atoms with Gasteiger partial charge in [0.15, 0.2) is 0 Å². The standard InChI is InChI=1S/C18H14Cl2FN3O/c19-13-1-4-17(12(9-13)11-22)23-5-7-24(8-6-23)18(25)15-3-2-14(21)10-16(15)20/h1-4,9-10H,5-8H2. The average molecular weight is 378 g/mol. The van der Waals surface area contributed by atoms with Gasteiger partial charge < -0.3 is 9.80 Å². The lowest BCUT2D eigenvalue weighted by Crippen LogP contribution is -2.49. The summed E-state index contributed by atoms with van der Waals surface area (Å²) in [5, 5.41) is 9.89. The quantitative estimate of drug-likeness (QED) is 0.795. The highest BCUT2D eigenvalue weighted by atomic mass is 35.5. The first kappa shape index (κ1) is 17.5. The highest BCUT2D eigenvalue weighted by Gasteiger charge is 2.25. The summed E-state index contributed by atoms with van der Waals surface area (Å²) in [6.07, 6.45) is 0. The van der Waals surface area contributed by atoms with E-state index in [1.54, 1.807) is 17.0 Å². The molecule has 0 aliphatic carbocycles. The Labute approximate surface area is 155 Å². The van der Waals surface area contributed by atoms with E-state index in [-0.39, 0.29) is 10.9 Å². The lowest BCUT2D eigenvalue weighted by atomic mass is 10.1. The summed E-state index contributed by atoms with van der Waals surface area (Å²) in [6, 6.07) is 11.1. The molecule has 1 fully saturated rings. The highest BCUT2D eigenvalue weighted by molar-refractivity contribution is 6.33. The summed E-state index contributed by atoms with van der Waals surface area (Å²) in [5.74, 6) is -0.695. The number of nitriles is 1. The molecule has 1 saturated heterocycles. The van der Waals surface area contributed by atoms with Crippen LogP contribution in [0, 0.1) is 17.1 Å². The Balaban J connectivity index is 1.72. The van der Waals surface area contributed by atoms with E-state index in [1.807, 2.05) is 11.0 Å². The van der Waals surface area contributed by atoms with Gasteiger partial charge in [-0.05, 0) is 36.4 Å². The number of rotatable bonds is 2. The van der Waals surface area contributed by atoms with Gasteiger partial charge in [0.2, 0.25) is 0 Å². The van der Waals surface area contributed by atoms with Crippen LogP contribution in [-0.4, -0.2) is 37.0 Å². The molecule has 0 radical (unpaired) electrons. The molecule has 25 heavy (non-hydrogen) atoms. The van der Waals surface area contributed by atoms with Crippen molar-refractivity contribution in [2.45, 2.75) is 0 Å². The molecule has 7 heteroatoms. The zero-order chi connectivity index (χ0) is 18.0. The molecule has 0 atom stereocenters. The van der Waals surface area contributed by atoms with Gasteiger partial charge in [0.25, 0.3) is 5.91 Å². The fourth-order valence-electron chi connectivity index (χ4n) is 2.86. The number of nitrogens with zero attached hydrogens (tertiary/aromatic N) is 3. The molecule has 2 aromatic rings. The maximum Gasteiger partial charge on any atom is 0.255 e. The van der Waals surface area contributed by atoms with Crippen molar-refractivity contribution >= 4 is 34.8 Å². The van der Waals surface area contributed by atoms with Crippen LogP contribution >= 0.6 is 23.2 Å². The smallest absolute Gasteiger partial charge is 0.255 e. The van der Waals surface area contributed by atoms with E-state index in [4.69, 9.17) is 23.2 Å². The van der Waals surface area contributed by atoms with Crippen molar-refractivity contribution in [1.82, 2.24) is 4.90 Å². The Morgan fingerprint density at radius 1 is 1.08 bits per heavy atom. The molecule has 2 aromatic carbocycles. The van der Waals surface area contributed by atoms with E-state index in [9.17, 15) is 14.4 Å². The third kappa shape index (κ3) is 3.71. The molecule has 0 bridgehead atoms. The topological polar surface area (TPSA) is 47.3 Å². The molecule has 4 nitrogen and oxygen atoms in total. The molecule has 0 N–H and O–H groups in total. The summed E-state index contributed by atoms with van der Waals surface area (Å²) < 4.78 is 13.1. The van der Waals surface area contributed by atoms with Crippen LogP contribution in [0.3, 0.4) is 0 Å². The average Bonchev–Trinajstić information content (AvgIpc) is 2.61. The minimum Gasteiger partial charge on any atom is -0.367 e. The van der Waals surface area contributed by atoms with Crippen LogP contribution < -0.4 is 4.90 Å². The summed E-state index contributed by atoms with van der Waals surface area (Å²) in [4.78, 5) is 16.3. The number of benzene rings is 2. The first-order valence-electron chi connectivity index (χ1n) is 7.68. The Morgan fingerprint density at radius 3 is 2.44 bits per heavy atom. The number of carbonyl (C=O) groups is 1. The van der Waals surface area contributed by atoms with Crippen molar-refractivity contribution in [2.24, 2.45) is 0 Å². The lowest BCUT2D eigenvalue weighted by molar-refractivity contribution is 0.0747. The Morgan fingerprint density at radius 2 is 1.80 bits per heavy atom. The van der Waals surface area contributed by atoms with Crippen molar-refractivity contribution < 1.29 is 9.18 Å². The minimum atomic E-state index is -0.474. The second-order valence-corrected chi connectivity index (χ2v) is 6.52. The van der Waals surface area contributed by atoms with E-state index >= 15 is 0 Å². The van der Waals surface area contributed by atoms with Gasteiger partial charge in [-0.2, -0.15) is 5.26 Å². The van der Waals surface area contributed by atoms with Crippen molar-refractivity contribution in [3.05, 3.63) is 63.4 Å². The maximum atomic E-state index is 13.1. The fraction of sp³-hybridized carbons (Fsp3) is 0.222. The lowest BCUT2D eigenvalue weighted by Gasteiger charge is -2.36. The number of halogens is 3. The molecule has 0 saturated carbocycles. The van der Waals surface area contributed by atoms with Gasteiger partial charge >= 0.3 is 0 Å². The van der Waals surface area contributed by atoms with E-state index < -0.39 is 5.82 Å². The van der Waals surface area contributed by atoms with Crippen LogP contribution in [0.2, 0.25) is 10.0 Å². The second kappa shape index (κ2) is 7.30. The molecule has 1 heterocycles. The number of hydrogen-bond donors (Lipinski definition) is 0. The molecular weight excluding hydrogens is 364 g/mol. The largest absolute Gasteiger partial charge is 0.367 e. The second-order valence-electron chi connectivity index (χ2n) is 5.68. The van der Waals surface area contributed by atoms with Gasteiger partial charge in [-0.3, -0.25) is 4.79 Å². The molecule has 3 rings (SSSR count). The summed E-state index contributed by atoms with van der Waals surface area (Å²) in [5.41, 5.74) is 1.60. The molecule has 0 unspecified atom stereocenters. The number of anilines is 1. The molecule has 0 spiro atoms. The zero-order valence-corrected chi connectivity index (χ0v) is 14.7. The summed E-state index contributed by atoms with van der Waals surface area (Å²) in [6.45, 7) is 2.14. The predicted octanol–water partition coefficient (Wildman–Crippen LogP) is 3.97. The van der Waals surface area contributed by atoms with Crippen LogP contribution in [-0.2, 0) is 0 Å². The third-order valence-corrected chi connectivity index (χ3v) is 4.70. The molecule has 1 aliphatic heterocycles. The number of amides is 1. The van der Waals surface area contributed by atoms with Gasteiger partial charge in [0.05, 0.1) is 21.8 Å². The number of piperazine rings is 1. The van der Waals surface area contributed by atoms with Crippen molar-refractivity contribution in [2.75, 3.05) is 31.1 Å². The monoisotopic (exact) mass is 377 g/mol. The van der Waals surface area contributed by atoms with Gasteiger partial charge in [-0.1, -0.05) is 23.2 Å². The first-order valence-corrected chi connectivity index (χ1v) is 8.44. The normalized spacial score (nSPS) is 14.3. The molecule has 128 valence electrons. The van der Waals surface area contributed by atoms with E-state index in [2.05, 4.69) is 6.07 Å². The Bertz CT molecular complexity index is 858. The van der Waals surface area contributed by atoms with E-state index in [0.29, 0.717) is 42.3 Å². The Hall–Kier alpha value is -2.29.